The van der Waals surface area contributed by atoms with Crippen molar-refractivity contribution in [3.05, 3.63) is 12.0 Å². The standard InChI is InChI=1S/C13H24N4O2S/c1-2-11-15-8-12(17-11)20(18,19)16-10-13(9-14)6-4-3-5-7-13/h8,16H,2-7,9-10,14H2,1H3,(H,15,17). The third kappa shape index (κ3) is 3.39. The van der Waals surface area contributed by atoms with Crippen molar-refractivity contribution >= 4 is 10.0 Å². The second-order valence-electron chi connectivity index (χ2n) is 5.64. The van der Waals surface area contributed by atoms with Crippen LogP contribution < -0.4 is 10.5 Å². The van der Waals surface area contributed by atoms with Crippen molar-refractivity contribution in [3.8, 4) is 0 Å². The van der Waals surface area contributed by atoms with Crippen LogP contribution in [0.1, 0.15) is 44.9 Å². The maximum Gasteiger partial charge on any atom is 0.257 e. The van der Waals surface area contributed by atoms with Crippen LogP contribution in [0.5, 0.6) is 0 Å². The van der Waals surface area contributed by atoms with Gasteiger partial charge in [0.25, 0.3) is 10.0 Å². The van der Waals surface area contributed by atoms with Gasteiger partial charge in [0, 0.05) is 13.0 Å². The molecule has 0 aliphatic heterocycles. The van der Waals surface area contributed by atoms with Crippen LogP contribution in [0.25, 0.3) is 0 Å². The molecule has 2 rings (SSSR count). The molecule has 0 amide bonds. The van der Waals surface area contributed by atoms with Gasteiger partial charge in [-0.3, -0.25) is 0 Å². The second-order valence-corrected chi connectivity index (χ2v) is 7.37. The molecule has 6 nitrogen and oxygen atoms in total. The summed E-state index contributed by atoms with van der Waals surface area (Å²) in [5.41, 5.74) is 5.79. The Labute approximate surface area is 120 Å². The Morgan fingerprint density at radius 3 is 2.65 bits per heavy atom. The molecule has 1 aliphatic rings. The Bertz CT molecular complexity index is 532. The second kappa shape index (κ2) is 6.24. The Balaban J connectivity index is 2.04. The third-order valence-electron chi connectivity index (χ3n) is 4.21. The van der Waals surface area contributed by atoms with E-state index < -0.39 is 10.0 Å². The lowest BCUT2D eigenvalue weighted by Gasteiger charge is -2.36. The molecule has 0 spiro atoms. The number of nitrogens with two attached hydrogens (primary N) is 1. The Morgan fingerprint density at radius 2 is 2.10 bits per heavy atom. The molecule has 0 bridgehead atoms. The molecular weight excluding hydrogens is 276 g/mol. The molecule has 114 valence electrons. The Hall–Kier alpha value is -0.920. The van der Waals surface area contributed by atoms with Crippen LogP contribution in [0.3, 0.4) is 0 Å². The molecule has 20 heavy (non-hydrogen) atoms. The summed E-state index contributed by atoms with van der Waals surface area (Å²) in [4.78, 5) is 6.86. The Kier molecular flexibility index (Phi) is 4.82. The highest BCUT2D eigenvalue weighted by atomic mass is 32.2. The van der Waals surface area contributed by atoms with E-state index in [9.17, 15) is 8.42 Å². The highest BCUT2D eigenvalue weighted by Gasteiger charge is 2.32. The van der Waals surface area contributed by atoms with E-state index in [2.05, 4.69) is 14.7 Å². The lowest BCUT2D eigenvalue weighted by atomic mass is 9.74. The number of H-pyrrole nitrogens is 1. The molecule has 1 aliphatic carbocycles. The molecule has 1 aromatic heterocycles. The summed E-state index contributed by atoms with van der Waals surface area (Å²) in [6.07, 6.45) is 7.52. The first-order chi connectivity index (χ1) is 9.51. The van der Waals surface area contributed by atoms with E-state index in [4.69, 9.17) is 5.73 Å². The number of hydrogen-bond donors (Lipinski definition) is 3. The van der Waals surface area contributed by atoms with Crippen molar-refractivity contribution < 1.29 is 8.42 Å². The van der Waals surface area contributed by atoms with Gasteiger partial charge in [0.05, 0.1) is 6.20 Å². The van der Waals surface area contributed by atoms with E-state index in [1.807, 2.05) is 6.92 Å². The molecule has 0 saturated heterocycles. The van der Waals surface area contributed by atoms with Gasteiger partial charge in [-0.25, -0.2) is 18.1 Å². The fourth-order valence-corrected chi connectivity index (χ4v) is 3.84. The topological polar surface area (TPSA) is 101 Å². The molecule has 1 saturated carbocycles. The maximum atomic E-state index is 12.2. The third-order valence-corrected chi connectivity index (χ3v) is 5.52. The van der Waals surface area contributed by atoms with Gasteiger partial charge in [-0.2, -0.15) is 0 Å². The summed E-state index contributed by atoms with van der Waals surface area (Å²) in [5.74, 6) is 0.677. The largest absolute Gasteiger partial charge is 0.332 e. The fraction of sp³-hybridized carbons (Fsp3) is 0.769. The average molecular weight is 300 g/mol. The minimum absolute atomic E-state index is 0.0844. The van der Waals surface area contributed by atoms with E-state index in [-0.39, 0.29) is 10.4 Å². The summed E-state index contributed by atoms with van der Waals surface area (Å²) >= 11 is 0. The van der Waals surface area contributed by atoms with Crippen molar-refractivity contribution in [1.29, 1.82) is 0 Å². The summed E-state index contributed by atoms with van der Waals surface area (Å²) in [7, 11) is -3.52. The first kappa shape index (κ1) is 15.5. The normalized spacial score (nSPS) is 19.1. The van der Waals surface area contributed by atoms with Crippen LogP contribution in [0.15, 0.2) is 11.2 Å². The number of aromatic amines is 1. The zero-order chi connectivity index (χ0) is 14.6. The van der Waals surface area contributed by atoms with Gasteiger partial charge in [-0.05, 0) is 24.8 Å². The van der Waals surface area contributed by atoms with Crippen molar-refractivity contribution in [2.24, 2.45) is 11.1 Å². The maximum absolute atomic E-state index is 12.2. The Morgan fingerprint density at radius 1 is 1.40 bits per heavy atom. The van der Waals surface area contributed by atoms with Gasteiger partial charge < -0.3 is 10.7 Å². The molecule has 0 atom stereocenters. The van der Waals surface area contributed by atoms with Gasteiger partial charge in [0.1, 0.15) is 5.82 Å². The first-order valence-corrected chi connectivity index (χ1v) is 8.73. The zero-order valence-corrected chi connectivity index (χ0v) is 12.8. The molecular formula is C13H24N4O2S. The monoisotopic (exact) mass is 300 g/mol. The molecule has 0 unspecified atom stereocenters. The average Bonchev–Trinajstić information content (AvgIpc) is 2.96. The lowest BCUT2D eigenvalue weighted by Crippen LogP contribution is -2.43. The molecule has 7 heteroatoms. The van der Waals surface area contributed by atoms with E-state index in [0.717, 1.165) is 25.7 Å². The van der Waals surface area contributed by atoms with E-state index >= 15 is 0 Å². The van der Waals surface area contributed by atoms with Gasteiger partial charge in [-0.15, -0.1) is 0 Å². The number of sulfonamides is 1. The summed E-state index contributed by atoms with van der Waals surface area (Å²) in [6, 6.07) is 0. The van der Waals surface area contributed by atoms with Crippen molar-refractivity contribution in [2.45, 2.75) is 50.5 Å². The lowest BCUT2D eigenvalue weighted by molar-refractivity contribution is 0.202. The minimum Gasteiger partial charge on any atom is -0.332 e. The summed E-state index contributed by atoms with van der Waals surface area (Å²) in [6.45, 7) is 2.86. The number of hydrogen-bond acceptors (Lipinski definition) is 4. The van der Waals surface area contributed by atoms with Gasteiger partial charge in [0.2, 0.25) is 0 Å². The predicted molar refractivity (Wildman–Crippen MR) is 77.7 cm³/mol. The van der Waals surface area contributed by atoms with Crippen molar-refractivity contribution in [2.75, 3.05) is 13.1 Å². The van der Waals surface area contributed by atoms with E-state index in [1.165, 1.54) is 12.6 Å². The highest BCUT2D eigenvalue weighted by molar-refractivity contribution is 7.89. The van der Waals surface area contributed by atoms with Crippen molar-refractivity contribution in [3.63, 3.8) is 0 Å². The minimum atomic E-state index is -3.52. The van der Waals surface area contributed by atoms with E-state index in [1.54, 1.807) is 0 Å². The van der Waals surface area contributed by atoms with Gasteiger partial charge >= 0.3 is 0 Å². The van der Waals surface area contributed by atoms with Gasteiger partial charge in [-0.1, -0.05) is 26.2 Å². The van der Waals surface area contributed by atoms with Crippen LogP contribution in [-0.4, -0.2) is 31.5 Å². The SMILES string of the molecule is CCc1ncc(S(=O)(=O)NCC2(CN)CCCCC2)[nH]1. The summed E-state index contributed by atoms with van der Waals surface area (Å²) in [5, 5.41) is 0.136. The van der Waals surface area contributed by atoms with Crippen LogP contribution in [0, 0.1) is 5.41 Å². The molecule has 1 fully saturated rings. The molecule has 1 aromatic rings. The molecule has 0 radical (unpaired) electrons. The molecule has 4 N–H and O–H groups in total. The highest BCUT2D eigenvalue weighted by Crippen LogP contribution is 2.34. The predicted octanol–water partition coefficient (Wildman–Crippen LogP) is 1.16. The zero-order valence-electron chi connectivity index (χ0n) is 12.0. The van der Waals surface area contributed by atoms with E-state index in [0.29, 0.717) is 25.3 Å². The molecule has 0 aromatic carbocycles. The number of rotatable bonds is 6. The van der Waals surface area contributed by atoms with Crippen LogP contribution in [0.4, 0.5) is 0 Å². The number of aryl methyl sites for hydroxylation is 1. The quantitative estimate of drug-likeness (QED) is 0.733. The smallest absolute Gasteiger partial charge is 0.257 e. The number of imidazole rings is 1. The van der Waals surface area contributed by atoms with Crippen LogP contribution in [-0.2, 0) is 16.4 Å². The molecule has 1 heterocycles. The number of nitrogens with one attached hydrogen (secondary N) is 2. The number of nitrogens with zero attached hydrogens (tertiary/aromatic N) is 1. The van der Waals surface area contributed by atoms with Crippen LogP contribution >= 0.6 is 0 Å². The van der Waals surface area contributed by atoms with Crippen molar-refractivity contribution in [1.82, 2.24) is 14.7 Å². The first-order valence-electron chi connectivity index (χ1n) is 7.25. The summed E-state index contributed by atoms with van der Waals surface area (Å²) < 4.78 is 27.2. The van der Waals surface area contributed by atoms with Gasteiger partial charge in [0.15, 0.2) is 5.03 Å². The fourth-order valence-electron chi connectivity index (χ4n) is 2.74. The van der Waals surface area contributed by atoms with Crippen LogP contribution in [0.2, 0.25) is 0 Å². The number of aromatic nitrogens is 2.